The minimum atomic E-state index is 0.0552. The first-order valence-electron chi connectivity index (χ1n) is 7.13. The lowest BCUT2D eigenvalue weighted by atomic mass is 10.1. The summed E-state index contributed by atoms with van der Waals surface area (Å²) in [5.74, 6) is 0.0552. The molecule has 108 valence electrons. The van der Waals surface area contributed by atoms with E-state index in [1.807, 2.05) is 49.4 Å². The van der Waals surface area contributed by atoms with Gasteiger partial charge in [-0.15, -0.1) is 0 Å². The lowest BCUT2D eigenvalue weighted by Crippen LogP contribution is -2.30. The molecule has 0 saturated heterocycles. The number of benzene rings is 2. The van der Waals surface area contributed by atoms with Crippen LogP contribution < -0.4 is 4.90 Å². The molecule has 0 unspecified atom stereocenters. The fraction of sp³-hybridized carbons (Fsp3) is 0.211. The Hall–Kier alpha value is -2.35. The second-order valence-electron chi connectivity index (χ2n) is 5.34. The fourth-order valence-corrected chi connectivity index (χ4v) is 2.24. The van der Waals surface area contributed by atoms with Crippen molar-refractivity contribution in [3.63, 3.8) is 0 Å². The van der Waals surface area contributed by atoms with Crippen LogP contribution in [0.1, 0.15) is 25.0 Å². The molecule has 0 aromatic heterocycles. The fourth-order valence-electron chi connectivity index (χ4n) is 2.24. The van der Waals surface area contributed by atoms with Gasteiger partial charge in [0, 0.05) is 19.2 Å². The van der Waals surface area contributed by atoms with E-state index in [2.05, 4.69) is 25.1 Å². The van der Waals surface area contributed by atoms with Gasteiger partial charge in [-0.05, 0) is 31.5 Å². The summed E-state index contributed by atoms with van der Waals surface area (Å²) in [6, 6.07) is 18.2. The van der Waals surface area contributed by atoms with Crippen molar-refractivity contribution in [2.75, 3.05) is 11.4 Å². The molecule has 0 saturated carbocycles. The predicted molar refractivity (Wildman–Crippen MR) is 89.3 cm³/mol. The number of hydrogen-bond acceptors (Lipinski definition) is 1. The molecule has 0 aliphatic heterocycles. The number of nitrogens with zero attached hydrogens (tertiary/aromatic N) is 1. The first kappa shape index (κ1) is 15.0. The van der Waals surface area contributed by atoms with Gasteiger partial charge in [0.25, 0.3) is 0 Å². The van der Waals surface area contributed by atoms with Crippen LogP contribution in [0, 0.1) is 6.92 Å². The maximum atomic E-state index is 11.9. The van der Waals surface area contributed by atoms with Crippen LogP contribution in [0.2, 0.25) is 0 Å². The van der Waals surface area contributed by atoms with E-state index in [-0.39, 0.29) is 5.91 Å². The minimum absolute atomic E-state index is 0.0552. The van der Waals surface area contributed by atoms with Gasteiger partial charge in [-0.3, -0.25) is 4.79 Å². The van der Waals surface area contributed by atoms with Crippen LogP contribution in [-0.2, 0) is 4.79 Å². The van der Waals surface area contributed by atoms with Crippen LogP contribution >= 0.6 is 0 Å². The molecule has 1 amide bonds. The highest BCUT2D eigenvalue weighted by Crippen LogP contribution is 2.18. The Morgan fingerprint density at radius 1 is 1.00 bits per heavy atom. The van der Waals surface area contributed by atoms with Gasteiger partial charge in [0.15, 0.2) is 0 Å². The van der Waals surface area contributed by atoms with E-state index in [4.69, 9.17) is 0 Å². The molecule has 0 fully saturated rings. The zero-order valence-electron chi connectivity index (χ0n) is 12.8. The molecule has 2 aromatic rings. The Morgan fingerprint density at radius 3 is 2.19 bits per heavy atom. The van der Waals surface area contributed by atoms with E-state index in [1.54, 1.807) is 11.8 Å². The second kappa shape index (κ2) is 6.89. The molecule has 2 heteroatoms. The summed E-state index contributed by atoms with van der Waals surface area (Å²) in [5, 5.41) is 0. The number of carbonyl (C=O) groups is 1. The monoisotopic (exact) mass is 279 g/mol. The van der Waals surface area contributed by atoms with E-state index in [0.717, 1.165) is 16.8 Å². The molecule has 0 atom stereocenters. The standard InChI is InChI=1S/C19H21NO/c1-15-9-11-19(12-10-15)20(17(3)21)14-16(2)13-18-7-5-4-6-8-18/h4-13H,14H2,1-3H3/b16-13+. The third-order valence-corrected chi connectivity index (χ3v) is 3.35. The van der Waals surface area contributed by atoms with Gasteiger partial charge in [0.2, 0.25) is 5.91 Å². The highest BCUT2D eigenvalue weighted by atomic mass is 16.2. The van der Waals surface area contributed by atoms with E-state index in [9.17, 15) is 4.79 Å². The average Bonchev–Trinajstić information content (AvgIpc) is 2.47. The van der Waals surface area contributed by atoms with Crippen molar-refractivity contribution < 1.29 is 4.79 Å². The summed E-state index contributed by atoms with van der Waals surface area (Å²) in [5.41, 5.74) is 4.44. The number of rotatable bonds is 4. The highest BCUT2D eigenvalue weighted by molar-refractivity contribution is 5.92. The molecule has 0 bridgehead atoms. The lowest BCUT2D eigenvalue weighted by molar-refractivity contribution is -0.116. The Labute approximate surface area is 126 Å². The average molecular weight is 279 g/mol. The van der Waals surface area contributed by atoms with E-state index < -0.39 is 0 Å². The van der Waals surface area contributed by atoms with E-state index >= 15 is 0 Å². The molecule has 2 nitrogen and oxygen atoms in total. The first-order chi connectivity index (χ1) is 10.1. The van der Waals surface area contributed by atoms with Gasteiger partial charge in [-0.2, -0.15) is 0 Å². The predicted octanol–water partition coefficient (Wildman–Crippen LogP) is 4.45. The molecular weight excluding hydrogens is 258 g/mol. The molecule has 0 N–H and O–H groups in total. The lowest BCUT2D eigenvalue weighted by Gasteiger charge is -2.22. The molecule has 0 radical (unpaired) electrons. The Bertz CT molecular complexity index is 626. The number of amides is 1. The van der Waals surface area contributed by atoms with Crippen molar-refractivity contribution >= 4 is 17.7 Å². The SMILES string of the molecule is CC(=O)N(C/C(C)=C/c1ccccc1)c1ccc(C)cc1. The van der Waals surface area contributed by atoms with Crippen molar-refractivity contribution in [1.82, 2.24) is 0 Å². The molecule has 0 heterocycles. The summed E-state index contributed by atoms with van der Waals surface area (Å²) in [6.45, 7) is 6.31. The van der Waals surface area contributed by atoms with Crippen molar-refractivity contribution in [2.45, 2.75) is 20.8 Å². The van der Waals surface area contributed by atoms with Crippen LogP contribution in [0.4, 0.5) is 5.69 Å². The molecule has 0 spiro atoms. The Kier molecular flexibility index (Phi) is 4.94. The van der Waals surface area contributed by atoms with Crippen LogP contribution in [0.15, 0.2) is 60.2 Å². The quantitative estimate of drug-likeness (QED) is 0.809. The number of carbonyl (C=O) groups excluding carboxylic acids is 1. The maximum Gasteiger partial charge on any atom is 0.224 e. The summed E-state index contributed by atoms with van der Waals surface area (Å²) >= 11 is 0. The minimum Gasteiger partial charge on any atom is -0.309 e. The molecule has 0 aliphatic rings. The number of hydrogen-bond donors (Lipinski definition) is 0. The molecular formula is C19H21NO. The molecule has 21 heavy (non-hydrogen) atoms. The van der Waals surface area contributed by atoms with Crippen LogP contribution in [0.25, 0.3) is 6.08 Å². The van der Waals surface area contributed by atoms with E-state index in [0.29, 0.717) is 6.54 Å². The topological polar surface area (TPSA) is 20.3 Å². The van der Waals surface area contributed by atoms with E-state index in [1.165, 1.54) is 5.56 Å². The van der Waals surface area contributed by atoms with Crippen LogP contribution in [0.3, 0.4) is 0 Å². The third kappa shape index (κ3) is 4.32. The first-order valence-corrected chi connectivity index (χ1v) is 7.13. The molecule has 2 aromatic carbocycles. The van der Waals surface area contributed by atoms with Crippen molar-refractivity contribution in [3.05, 3.63) is 71.3 Å². The van der Waals surface area contributed by atoms with Crippen molar-refractivity contribution in [1.29, 1.82) is 0 Å². The summed E-state index contributed by atoms with van der Waals surface area (Å²) in [6.07, 6.45) is 2.12. The third-order valence-electron chi connectivity index (χ3n) is 3.35. The second-order valence-corrected chi connectivity index (χ2v) is 5.34. The van der Waals surface area contributed by atoms with Gasteiger partial charge >= 0.3 is 0 Å². The molecule has 2 rings (SSSR count). The largest absolute Gasteiger partial charge is 0.309 e. The van der Waals surface area contributed by atoms with Gasteiger partial charge in [0.05, 0.1) is 0 Å². The maximum absolute atomic E-state index is 11.9. The molecule has 0 aliphatic carbocycles. The summed E-state index contributed by atoms with van der Waals surface area (Å²) in [7, 11) is 0. The summed E-state index contributed by atoms with van der Waals surface area (Å²) in [4.78, 5) is 13.7. The zero-order chi connectivity index (χ0) is 15.2. The zero-order valence-corrected chi connectivity index (χ0v) is 12.8. The van der Waals surface area contributed by atoms with Gasteiger partial charge in [-0.25, -0.2) is 0 Å². The Morgan fingerprint density at radius 2 is 1.62 bits per heavy atom. The Balaban J connectivity index is 2.19. The van der Waals surface area contributed by atoms with Crippen molar-refractivity contribution in [2.24, 2.45) is 0 Å². The number of anilines is 1. The summed E-state index contributed by atoms with van der Waals surface area (Å²) < 4.78 is 0. The van der Waals surface area contributed by atoms with Crippen LogP contribution in [-0.4, -0.2) is 12.5 Å². The highest BCUT2D eigenvalue weighted by Gasteiger charge is 2.11. The van der Waals surface area contributed by atoms with Gasteiger partial charge in [-0.1, -0.05) is 59.7 Å². The van der Waals surface area contributed by atoms with Crippen molar-refractivity contribution in [3.8, 4) is 0 Å². The smallest absolute Gasteiger partial charge is 0.224 e. The van der Waals surface area contributed by atoms with Crippen LogP contribution in [0.5, 0.6) is 0 Å². The van der Waals surface area contributed by atoms with Gasteiger partial charge < -0.3 is 4.90 Å². The normalized spacial score (nSPS) is 11.3. The number of aryl methyl sites for hydroxylation is 1. The van der Waals surface area contributed by atoms with Gasteiger partial charge in [0.1, 0.15) is 0 Å².